The van der Waals surface area contributed by atoms with Gasteiger partial charge in [0.15, 0.2) is 0 Å². The molecule has 0 amide bonds. The lowest BCUT2D eigenvalue weighted by Crippen LogP contribution is -2.20. The molecule has 192 valence electrons. The first-order valence-electron chi connectivity index (χ1n) is 10.9. The smallest absolute Gasteiger partial charge is 0.417 e. The number of carbonyl (C=O) groups excluding carboxylic acids is 1. The summed E-state index contributed by atoms with van der Waals surface area (Å²) in [5.74, 6) is -2.97. The number of nitrogens with zero attached hydrogens (tertiary/aromatic N) is 4. The second-order valence-corrected chi connectivity index (χ2v) is 8.73. The van der Waals surface area contributed by atoms with E-state index in [4.69, 9.17) is 16.7 Å². The molecule has 38 heavy (non-hydrogen) atoms. The predicted molar refractivity (Wildman–Crippen MR) is 130 cm³/mol. The van der Waals surface area contributed by atoms with Crippen LogP contribution in [-0.4, -0.2) is 36.3 Å². The number of alkyl halides is 3. The fourth-order valence-electron chi connectivity index (χ4n) is 4.18. The Morgan fingerprint density at radius 2 is 1.82 bits per heavy atom. The highest BCUT2D eigenvalue weighted by Crippen LogP contribution is 2.37. The lowest BCUT2D eigenvalue weighted by Gasteiger charge is -2.13. The molecule has 0 aliphatic heterocycles. The van der Waals surface area contributed by atoms with Crippen LogP contribution in [0.5, 0.6) is 0 Å². The number of aromatic carboxylic acids is 1. The van der Waals surface area contributed by atoms with Gasteiger partial charge in [-0.15, -0.1) is 0 Å². The molecule has 0 bridgehead atoms. The normalized spacial score (nSPS) is 11.7. The van der Waals surface area contributed by atoms with Crippen molar-refractivity contribution in [2.45, 2.75) is 6.18 Å². The highest BCUT2D eigenvalue weighted by atomic mass is 35.5. The Hall–Kier alpha value is -4.51. The maximum Gasteiger partial charge on any atom is 0.417 e. The summed E-state index contributed by atoms with van der Waals surface area (Å²) in [6.45, 7) is 0. The van der Waals surface area contributed by atoms with Gasteiger partial charge in [-0.3, -0.25) is 4.79 Å². The van der Waals surface area contributed by atoms with Gasteiger partial charge in [-0.25, -0.2) is 14.2 Å². The quantitative estimate of drug-likeness (QED) is 0.269. The van der Waals surface area contributed by atoms with Gasteiger partial charge in [0, 0.05) is 36.0 Å². The van der Waals surface area contributed by atoms with Gasteiger partial charge in [-0.1, -0.05) is 23.7 Å². The third kappa shape index (κ3) is 4.20. The first-order valence-corrected chi connectivity index (χ1v) is 11.3. The topological polar surface area (TPSA) is 90.0 Å². The lowest BCUT2D eigenvalue weighted by atomic mass is 10.0. The summed E-state index contributed by atoms with van der Waals surface area (Å²) < 4.78 is 58.8. The third-order valence-corrected chi connectivity index (χ3v) is 6.27. The van der Waals surface area contributed by atoms with Crippen LogP contribution in [0.3, 0.4) is 0 Å². The number of halogens is 5. The molecule has 0 aliphatic carbocycles. The Balaban J connectivity index is 1.79. The van der Waals surface area contributed by atoms with E-state index in [9.17, 15) is 22.8 Å². The minimum Gasteiger partial charge on any atom is -0.478 e. The fraction of sp³-hybridized carbons (Fsp3) is 0.0769. The molecule has 12 heteroatoms. The van der Waals surface area contributed by atoms with Crippen molar-refractivity contribution >= 4 is 34.4 Å². The molecular weight excluding hydrogens is 528 g/mol. The molecule has 3 aromatic carbocycles. The molecule has 2 heterocycles. The van der Waals surface area contributed by atoms with Gasteiger partial charge >= 0.3 is 12.1 Å². The van der Waals surface area contributed by atoms with E-state index in [1.54, 1.807) is 30.1 Å². The largest absolute Gasteiger partial charge is 0.478 e. The molecule has 0 unspecified atom stereocenters. The van der Waals surface area contributed by atoms with E-state index in [-0.39, 0.29) is 27.7 Å². The Labute approximate surface area is 216 Å². The van der Waals surface area contributed by atoms with Crippen LogP contribution in [0.2, 0.25) is 5.02 Å². The monoisotopic (exact) mass is 542 g/mol. The van der Waals surface area contributed by atoms with Crippen LogP contribution in [0.4, 0.5) is 17.6 Å². The van der Waals surface area contributed by atoms with E-state index >= 15 is 4.39 Å². The number of aromatic nitrogens is 4. The van der Waals surface area contributed by atoms with Crippen molar-refractivity contribution in [3.05, 3.63) is 94.5 Å². The highest BCUT2D eigenvalue weighted by molar-refractivity contribution is 6.34. The molecular formula is C26H15ClF4N4O3. The molecule has 1 N–H and O–H groups in total. The van der Waals surface area contributed by atoms with Gasteiger partial charge < -0.3 is 9.67 Å². The third-order valence-electron chi connectivity index (χ3n) is 5.96. The van der Waals surface area contributed by atoms with E-state index in [2.05, 4.69) is 10.1 Å². The number of aryl methyl sites for hydroxylation is 1. The van der Waals surface area contributed by atoms with Crippen molar-refractivity contribution in [2.24, 2.45) is 7.05 Å². The van der Waals surface area contributed by atoms with Gasteiger partial charge in [0.25, 0.3) is 5.91 Å². The minimum atomic E-state index is -4.89. The number of hydrogen-bond acceptors (Lipinski definition) is 4. The van der Waals surface area contributed by atoms with Crippen molar-refractivity contribution in [2.75, 3.05) is 0 Å². The zero-order valence-corrected chi connectivity index (χ0v) is 20.0. The number of carboxylic acid groups (broad SMARTS) is 1. The average Bonchev–Trinajstić information content (AvgIpc) is 3.46. The first-order chi connectivity index (χ1) is 18.0. The summed E-state index contributed by atoms with van der Waals surface area (Å²) in [6, 6.07) is 10.8. The fourth-order valence-corrected chi connectivity index (χ4v) is 4.43. The van der Waals surface area contributed by atoms with E-state index < -0.39 is 40.0 Å². The van der Waals surface area contributed by atoms with Crippen LogP contribution < -0.4 is 0 Å². The van der Waals surface area contributed by atoms with Gasteiger partial charge in [0.2, 0.25) is 0 Å². The van der Waals surface area contributed by atoms with Gasteiger partial charge in [0.05, 0.1) is 27.2 Å². The summed E-state index contributed by atoms with van der Waals surface area (Å²) in [7, 11) is 1.74. The number of carbonyl (C=O) groups is 2. The molecule has 0 saturated carbocycles. The van der Waals surface area contributed by atoms with E-state index in [1.165, 1.54) is 18.2 Å². The van der Waals surface area contributed by atoms with Crippen LogP contribution >= 0.6 is 11.6 Å². The van der Waals surface area contributed by atoms with Gasteiger partial charge in [0.1, 0.15) is 17.3 Å². The van der Waals surface area contributed by atoms with Crippen LogP contribution in [0.15, 0.2) is 67.0 Å². The van der Waals surface area contributed by atoms with Crippen LogP contribution in [0, 0.1) is 5.82 Å². The maximum atomic E-state index is 15.0. The summed E-state index contributed by atoms with van der Waals surface area (Å²) >= 11 is 6.07. The summed E-state index contributed by atoms with van der Waals surface area (Å²) in [5.41, 5.74) is -2.02. The van der Waals surface area contributed by atoms with Gasteiger partial charge in [-0.05, 0) is 42.5 Å². The van der Waals surface area contributed by atoms with Crippen molar-refractivity contribution in [1.29, 1.82) is 0 Å². The highest BCUT2D eigenvalue weighted by Gasteiger charge is 2.37. The number of fused-ring (bicyclic) bond motifs is 1. The van der Waals surface area contributed by atoms with Crippen molar-refractivity contribution < 1.29 is 32.3 Å². The molecule has 0 radical (unpaired) electrons. The van der Waals surface area contributed by atoms with Crippen LogP contribution in [0.25, 0.3) is 33.5 Å². The van der Waals surface area contributed by atoms with Crippen molar-refractivity contribution in [3.63, 3.8) is 0 Å². The minimum absolute atomic E-state index is 0.0697. The molecule has 5 rings (SSSR count). The summed E-state index contributed by atoms with van der Waals surface area (Å²) in [6.07, 6.45) is -1.66. The molecule has 2 aromatic heterocycles. The number of hydrogen-bond donors (Lipinski definition) is 1. The van der Waals surface area contributed by atoms with Crippen LogP contribution in [-0.2, 0) is 13.2 Å². The average molecular weight is 543 g/mol. The SMILES string of the molecule is Cn1ccnc1-c1ccc2c(-c3ccc(C(=O)O)cc3F)nn(C(=O)c3c(Cl)cccc3C(F)(F)F)c2c1. The van der Waals surface area contributed by atoms with Crippen molar-refractivity contribution in [1.82, 2.24) is 19.3 Å². The molecule has 0 fully saturated rings. The zero-order chi connectivity index (χ0) is 27.4. The van der Waals surface area contributed by atoms with Crippen molar-refractivity contribution in [3.8, 4) is 22.6 Å². The maximum absolute atomic E-state index is 15.0. The Morgan fingerprint density at radius 1 is 1.05 bits per heavy atom. The van der Waals surface area contributed by atoms with E-state index in [0.29, 0.717) is 11.4 Å². The Kier molecular flexibility index (Phi) is 6.03. The Morgan fingerprint density at radius 3 is 2.45 bits per heavy atom. The van der Waals surface area contributed by atoms with E-state index in [0.717, 1.165) is 35.0 Å². The Bertz CT molecular complexity index is 1760. The molecule has 0 saturated heterocycles. The molecule has 5 aromatic rings. The molecule has 0 atom stereocenters. The van der Waals surface area contributed by atoms with E-state index in [1.807, 2.05) is 0 Å². The lowest BCUT2D eigenvalue weighted by molar-refractivity contribution is -0.137. The van der Waals surface area contributed by atoms with Crippen LogP contribution in [0.1, 0.15) is 26.3 Å². The summed E-state index contributed by atoms with van der Waals surface area (Å²) in [5, 5.41) is 13.2. The standard InChI is InChI=1S/C26H15ClF4N4O3/c1-34-10-9-32-23(34)13-5-8-16-20(12-13)35(24(36)21-17(26(29,30)31)3-2-4-18(21)27)33-22(16)15-7-6-14(25(37)38)11-19(15)28/h2-12H,1H3,(H,37,38). The first kappa shape index (κ1) is 25.2. The molecule has 0 aliphatic rings. The molecule has 7 nitrogen and oxygen atoms in total. The zero-order valence-electron chi connectivity index (χ0n) is 19.3. The second-order valence-electron chi connectivity index (χ2n) is 8.32. The summed E-state index contributed by atoms with van der Waals surface area (Å²) in [4.78, 5) is 29.1. The number of benzene rings is 3. The number of imidazole rings is 1. The number of rotatable bonds is 4. The molecule has 0 spiro atoms. The predicted octanol–water partition coefficient (Wildman–Crippen LogP) is 6.30. The van der Waals surface area contributed by atoms with Gasteiger partial charge in [-0.2, -0.15) is 23.0 Å². The second kappa shape index (κ2) is 9.10. The number of carboxylic acids is 1.